The highest BCUT2D eigenvalue weighted by atomic mass is 16.5. The Balaban J connectivity index is 2.07. The molecule has 0 fully saturated rings. The van der Waals surface area contributed by atoms with E-state index in [9.17, 15) is 5.21 Å². The van der Waals surface area contributed by atoms with Crippen LogP contribution in [0.4, 0.5) is 0 Å². The van der Waals surface area contributed by atoms with E-state index < -0.39 is 0 Å². The summed E-state index contributed by atoms with van der Waals surface area (Å²) >= 11 is 0. The molecule has 0 amide bonds. The Labute approximate surface area is 151 Å². The van der Waals surface area contributed by atoms with Crippen LogP contribution >= 0.6 is 0 Å². The van der Waals surface area contributed by atoms with Crippen molar-refractivity contribution in [3.05, 3.63) is 65.4 Å². The van der Waals surface area contributed by atoms with Crippen LogP contribution in [0.25, 0.3) is 0 Å². The molecule has 26 heavy (non-hydrogen) atoms. The van der Waals surface area contributed by atoms with Gasteiger partial charge in [0.1, 0.15) is 6.33 Å². The number of pyridine rings is 1. The van der Waals surface area contributed by atoms with Crippen LogP contribution in [0.2, 0.25) is 0 Å². The lowest BCUT2D eigenvalue weighted by atomic mass is 10.2. The molecule has 7 heteroatoms. The number of oxime groups is 1. The molecule has 0 spiro atoms. The molecule has 3 rings (SSSR count). The number of benzene rings is 1. The highest BCUT2D eigenvalue weighted by molar-refractivity contribution is 6.01. The monoisotopic (exact) mass is 352 g/mol. The molecule has 0 radical (unpaired) electrons. The number of methoxy groups -OCH3 is 1. The smallest absolute Gasteiger partial charge is 0.230 e. The molecule has 1 aromatic carbocycles. The van der Waals surface area contributed by atoms with Gasteiger partial charge in [-0.3, -0.25) is 4.57 Å². The lowest BCUT2D eigenvalue weighted by molar-refractivity contribution is 0.317. The summed E-state index contributed by atoms with van der Waals surface area (Å²) in [5, 5.41) is 13.0. The van der Waals surface area contributed by atoms with E-state index in [1.807, 2.05) is 45.0 Å². The summed E-state index contributed by atoms with van der Waals surface area (Å²) in [5.41, 5.74) is 3.15. The van der Waals surface area contributed by atoms with Crippen LogP contribution < -0.4 is 9.47 Å². The van der Waals surface area contributed by atoms with Gasteiger partial charge < -0.3 is 14.7 Å². The Hall–Kier alpha value is -3.35. The van der Waals surface area contributed by atoms with E-state index in [4.69, 9.17) is 9.47 Å². The van der Waals surface area contributed by atoms with Gasteiger partial charge in [-0.05, 0) is 50.6 Å². The predicted molar refractivity (Wildman–Crippen MR) is 97.5 cm³/mol. The van der Waals surface area contributed by atoms with Crippen molar-refractivity contribution in [2.24, 2.45) is 5.16 Å². The minimum atomic E-state index is 0.263. The van der Waals surface area contributed by atoms with Crippen molar-refractivity contribution in [1.29, 1.82) is 0 Å². The van der Waals surface area contributed by atoms with Crippen molar-refractivity contribution >= 4 is 5.84 Å². The van der Waals surface area contributed by atoms with E-state index in [1.54, 1.807) is 30.3 Å². The van der Waals surface area contributed by atoms with Crippen LogP contribution in [-0.4, -0.2) is 32.7 Å². The summed E-state index contributed by atoms with van der Waals surface area (Å²) in [7, 11) is 1.58. The van der Waals surface area contributed by atoms with E-state index in [0.717, 1.165) is 17.0 Å². The SMILES string of the molecule is COc1cc(C)ccc1Oc1nc(C)ccc1/C(=N/O)n1cnc(C)c1. The van der Waals surface area contributed by atoms with Crippen LogP contribution in [0.5, 0.6) is 17.4 Å². The molecule has 7 nitrogen and oxygen atoms in total. The first kappa shape index (κ1) is 17.5. The van der Waals surface area contributed by atoms with Gasteiger partial charge in [-0.15, -0.1) is 0 Å². The maximum absolute atomic E-state index is 9.57. The van der Waals surface area contributed by atoms with E-state index in [0.29, 0.717) is 22.9 Å². The maximum Gasteiger partial charge on any atom is 0.230 e. The number of ether oxygens (including phenoxy) is 2. The van der Waals surface area contributed by atoms with Crippen molar-refractivity contribution in [3.63, 3.8) is 0 Å². The molecule has 2 heterocycles. The Morgan fingerprint density at radius 1 is 1.08 bits per heavy atom. The van der Waals surface area contributed by atoms with Gasteiger partial charge >= 0.3 is 0 Å². The molecule has 0 aliphatic rings. The first-order chi connectivity index (χ1) is 12.5. The molecule has 0 aliphatic heterocycles. The second-order valence-corrected chi connectivity index (χ2v) is 5.91. The average Bonchev–Trinajstić information content (AvgIpc) is 3.05. The van der Waals surface area contributed by atoms with E-state index in [1.165, 1.54) is 0 Å². The zero-order valence-corrected chi connectivity index (χ0v) is 15.1. The van der Waals surface area contributed by atoms with Gasteiger partial charge in [-0.2, -0.15) is 0 Å². The molecule has 2 aromatic heterocycles. The Morgan fingerprint density at radius 2 is 1.88 bits per heavy atom. The Morgan fingerprint density at radius 3 is 2.54 bits per heavy atom. The van der Waals surface area contributed by atoms with Gasteiger partial charge in [0.2, 0.25) is 5.88 Å². The minimum Gasteiger partial charge on any atom is -0.493 e. The third kappa shape index (κ3) is 3.51. The summed E-state index contributed by atoms with van der Waals surface area (Å²) in [6.07, 6.45) is 3.33. The number of imidazole rings is 1. The number of nitrogens with zero attached hydrogens (tertiary/aromatic N) is 4. The summed E-state index contributed by atoms with van der Waals surface area (Å²) < 4.78 is 13.0. The molecular formula is C19H20N4O3. The van der Waals surface area contributed by atoms with Gasteiger partial charge in [-0.25, -0.2) is 9.97 Å². The van der Waals surface area contributed by atoms with Gasteiger partial charge in [0.15, 0.2) is 17.3 Å². The number of hydrogen-bond donors (Lipinski definition) is 1. The van der Waals surface area contributed by atoms with E-state index >= 15 is 0 Å². The van der Waals surface area contributed by atoms with Crippen LogP contribution in [0.1, 0.15) is 22.5 Å². The second kappa shape index (κ2) is 7.26. The molecule has 3 aromatic rings. The summed E-state index contributed by atoms with van der Waals surface area (Å²) in [4.78, 5) is 8.63. The molecule has 0 saturated carbocycles. The van der Waals surface area contributed by atoms with Crippen molar-refractivity contribution < 1.29 is 14.7 Å². The topological polar surface area (TPSA) is 81.8 Å². The number of aryl methyl sites for hydroxylation is 3. The Bertz CT molecular complexity index is 963. The number of aromatic nitrogens is 3. The summed E-state index contributed by atoms with van der Waals surface area (Å²) in [5.74, 6) is 1.70. The van der Waals surface area contributed by atoms with E-state index in [2.05, 4.69) is 15.1 Å². The normalized spacial score (nSPS) is 11.5. The van der Waals surface area contributed by atoms with Crippen molar-refractivity contribution in [2.75, 3.05) is 7.11 Å². The largest absolute Gasteiger partial charge is 0.493 e. The summed E-state index contributed by atoms with van der Waals surface area (Å²) in [6.45, 7) is 5.69. The molecule has 134 valence electrons. The molecule has 0 unspecified atom stereocenters. The van der Waals surface area contributed by atoms with Crippen molar-refractivity contribution in [3.8, 4) is 17.4 Å². The fourth-order valence-electron chi connectivity index (χ4n) is 2.53. The third-order valence-electron chi connectivity index (χ3n) is 3.82. The molecule has 0 aliphatic carbocycles. The van der Waals surface area contributed by atoms with Crippen LogP contribution in [0.15, 0.2) is 48.0 Å². The summed E-state index contributed by atoms with van der Waals surface area (Å²) in [6, 6.07) is 9.24. The van der Waals surface area contributed by atoms with Gasteiger partial charge in [0.25, 0.3) is 0 Å². The second-order valence-electron chi connectivity index (χ2n) is 5.91. The van der Waals surface area contributed by atoms with Gasteiger partial charge in [0.05, 0.1) is 18.4 Å². The first-order valence-electron chi connectivity index (χ1n) is 8.05. The fraction of sp³-hybridized carbons (Fsp3) is 0.211. The lowest BCUT2D eigenvalue weighted by Gasteiger charge is -2.14. The van der Waals surface area contributed by atoms with Crippen LogP contribution in [0, 0.1) is 20.8 Å². The molecule has 0 atom stereocenters. The lowest BCUT2D eigenvalue weighted by Crippen LogP contribution is -2.14. The Kier molecular flexibility index (Phi) is 4.88. The van der Waals surface area contributed by atoms with Crippen molar-refractivity contribution in [1.82, 2.24) is 14.5 Å². The van der Waals surface area contributed by atoms with Gasteiger partial charge in [-0.1, -0.05) is 11.2 Å². The van der Waals surface area contributed by atoms with Crippen LogP contribution in [-0.2, 0) is 0 Å². The highest BCUT2D eigenvalue weighted by Crippen LogP contribution is 2.33. The number of hydrogen-bond acceptors (Lipinski definition) is 6. The first-order valence-corrected chi connectivity index (χ1v) is 8.05. The van der Waals surface area contributed by atoms with Gasteiger partial charge in [0, 0.05) is 11.9 Å². The predicted octanol–water partition coefficient (Wildman–Crippen LogP) is 3.69. The average molecular weight is 352 g/mol. The highest BCUT2D eigenvalue weighted by Gasteiger charge is 2.18. The quantitative estimate of drug-likeness (QED) is 0.335. The number of rotatable bonds is 4. The molecule has 0 saturated heterocycles. The van der Waals surface area contributed by atoms with E-state index in [-0.39, 0.29) is 5.84 Å². The van der Waals surface area contributed by atoms with Crippen LogP contribution in [0.3, 0.4) is 0 Å². The standard InChI is InChI=1S/C19H20N4O3/c1-12-5-8-16(17(9-12)25-4)26-19-15(7-6-13(2)21-19)18(22-24)23-10-14(3)20-11-23/h5-11,24H,1-4H3/b22-18-. The third-order valence-corrected chi connectivity index (χ3v) is 3.82. The zero-order valence-electron chi connectivity index (χ0n) is 15.1. The fourth-order valence-corrected chi connectivity index (χ4v) is 2.53. The van der Waals surface area contributed by atoms with Crippen molar-refractivity contribution in [2.45, 2.75) is 20.8 Å². The molecular weight excluding hydrogens is 332 g/mol. The zero-order chi connectivity index (χ0) is 18.7. The maximum atomic E-state index is 9.57. The minimum absolute atomic E-state index is 0.263. The molecule has 1 N–H and O–H groups in total. The molecule has 0 bridgehead atoms.